The Labute approximate surface area is 107 Å². The Balaban J connectivity index is 2.39. The molecule has 1 heterocycles. The molecule has 0 bridgehead atoms. The molecule has 2 rings (SSSR count). The molecule has 0 spiro atoms. The summed E-state index contributed by atoms with van der Waals surface area (Å²) in [6, 6.07) is 4.83. The molecule has 0 saturated carbocycles. The van der Waals surface area contributed by atoms with Gasteiger partial charge in [0.05, 0.1) is 11.1 Å². The fourth-order valence-electron chi connectivity index (χ4n) is 1.49. The van der Waals surface area contributed by atoms with E-state index in [2.05, 4.69) is 26.1 Å². The number of benzene rings is 1. The van der Waals surface area contributed by atoms with E-state index >= 15 is 0 Å². The smallest absolute Gasteiger partial charge is 0.165 e. The molecule has 4 nitrogen and oxygen atoms in total. The van der Waals surface area contributed by atoms with Crippen molar-refractivity contribution in [3.8, 4) is 11.4 Å². The lowest BCUT2D eigenvalue weighted by molar-refractivity contribution is 0.187. The van der Waals surface area contributed by atoms with E-state index in [0.29, 0.717) is 29.0 Å². The number of hydrogen-bond donors (Lipinski definition) is 0. The summed E-state index contributed by atoms with van der Waals surface area (Å²) in [6.07, 6.45) is 1.60. The summed E-state index contributed by atoms with van der Waals surface area (Å²) in [5.41, 5.74) is 0.679. The van der Waals surface area contributed by atoms with Crippen molar-refractivity contribution in [1.82, 2.24) is 14.8 Å². The van der Waals surface area contributed by atoms with Crippen LogP contribution in [-0.4, -0.2) is 28.5 Å². The lowest BCUT2D eigenvalue weighted by Crippen LogP contribution is -2.05. The van der Waals surface area contributed by atoms with Crippen molar-refractivity contribution in [3.63, 3.8) is 0 Å². The van der Waals surface area contributed by atoms with Crippen LogP contribution in [0.15, 0.2) is 29.0 Å². The van der Waals surface area contributed by atoms with Crippen LogP contribution in [0.5, 0.6) is 0 Å². The van der Waals surface area contributed by atoms with E-state index in [9.17, 15) is 4.39 Å². The van der Waals surface area contributed by atoms with E-state index in [-0.39, 0.29) is 5.82 Å². The first-order chi connectivity index (χ1) is 8.24. The fourth-order valence-corrected chi connectivity index (χ4v) is 1.93. The standard InChI is InChI=1S/C11H11BrFN3O/c1-17-6-5-16-7-14-15-11(16)8-3-2-4-9(13)10(8)12/h2-4,7H,5-6H2,1H3. The summed E-state index contributed by atoms with van der Waals surface area (Å²) in [7, 11) is 1.63. The Morgan fingerprint density at radius 3 is 3.06 bits per heavy atom. The number of ether oxygens (including phenoxy) is 1. The first kappa shape index (κ1) is 12.2. The zero-order chi connectivity index (χ0) is 12.3. The van der Waals surface area contributed by atoms with E-state index in [1.165, 1.54) is 6.07 Å². The molecular weight excluding hydrogens is 289 g/mol. The Bertz CT molecular complexity index is 515. The van der Waals surface area contributed by atoms with Crippen LogP contribution >= 0.6 is 15.9 Å². The third kappa shape index (κ3) is 2.53. The number of aromatic nitrogens is 3. The molecule has 6 heteroatoms. The summed E-state index contributed by atoms with van der Waals surface area (Å²) in [5.74, 6) is 0.303. The highest BCUT2D eigenvalue weighted by atomic mass is 79.9. The normalized spacial score (nSPS) is 10.8. The third-order valence-electron chi connectivity index (χ3n) is 2.34. The molecule has 0 amide bonds. The second-order valence-electron chi connectivity index (χ2n) is 3.44. The lowest BCUT2D eigenvalue weighted by Gasteiger charge is -2.07. The summed E-state index contributed by atoms with van der Waals surface area (Å²) < 4.78 is 20.6. The largest absolute Gasteiger partial charge is 0.383 e. The van der Waals surface area contributed by atoms with E-state index in [1.54, 1.807) is 25.6 Å². The molecule has 1 aromatic carbocycles. The van der Waals surface area contributed by atoms with Gasteiger partial charge in [-0.1, -0.05) is 6.07 Å². The summed E-state index contributed by atoms with van der Waals surface area (Å²) in [6.45, 7) is 1.18. The minimum atomic E-state index is -0.316. The number of halogens is 2. The minimum Gasteiger partial charge on any atom is -0.383 e. The molecule has 17 heavy (non-hydrogen) atoms. The third-order valence-corrected chi connectivity index (χ3v) is 3.15. The Morgan fingerprint density at radius 2 is 2.29 bits per heavy atom. The molecule has 0 atom stereocenters. The van der Waals surface area contributed by atoms with Crippen LogP contribution in [0.25, 0.3) is 11.4 Å². The van der Waals surface area contributed by atoms with Gasteiger partial charge in [-0.3, -0.25) is 0 Å². The quantitative estimate of drug-likeness (QED) is 0.871. The zero-order valence-electron chi connectivity index (χ0n) is 9.23. The molecular formula is C11H11BrFN3O. The second kappa shape index (κ2) is 5.37. The molecule has 0 aliphatic rings. The molecule has 2 aromatic rings. The Hall–Kier alpha value is -1.27. The van der Waals surface area contributed by atoms with Crippen LogP contribution in [0.2, 0.25) is 0 Å². The minimum absolute atomic E-state index is 0.316. The van der Waals surface area contributed by atoms with Gasteiger partial charge in [-0.2, -0.15) is 0 Å². The predicted octanol–water partition coefficient (Wildman–Crippen LogP) is 2.49. The maximum Gasteiger partial charge on any atom is 0.165 e. The molecule has 0 fully saturated rings. The van der Waals surface area contributed by atoms with Gasteiger partial charge in [-0.15, -0.1) is 10.2 Å². The van der Waals surface area contributed by atoms with Crippen molar-refractivity contribution in [2.75, 3.05) is 13.7 Å². The maximum absolute atomic E-state index is 13.4. The molecule has 1 aromatic heterocycles. The van der Waals surface area contributed by atoms with E-state index in [0.717, 1.165) is 0 Å². The van der Waals surface area contributed by atoms with Gasteiger partial charge in [-0.05, 0) is 28.1 Å². The number of rotatable bonds is 4. The average Bonchev–Trinajstić information content (AvgIpc) is 2.78. The fraction of sp³-hybridized carbons (Fsp3) is 0.273. The highest BCUT2D eigenvalue weighted by molar-refractivity contribution is 9.10. The van der Waals surface area contributed by atoms with Crippen LogP contribution in [0, 0.1) is 5.82 Å². The number of nitrogens with zero attached hydrogens (tertiary/aromatic N) is 3. The first-order valence-corrected chi connectivity index (χ1v) is 5.84. The van der Waals surface area contributed by atoms with Gasteiger partial charge >= 0.3 is 0 Å². The van der Waals surface area contributed by atoms with Gasteiger partial charge in [-0.25, -0.2) is 4.39 Å². The SMILES string of the molecule is COCCn1cnnc1-c1cccc(F)c1Br. The topological polar surface area (TPSA) is 39.9 Å². The van der Waals surface area contributed by atoms with Crippen LogP contribution in [-0.2, 0) is 11.3 Å². The van der Waals surface area contributed by atoms with Crippen molar-refractivity contribution in [1.29, 1.82) is 0 Å². The van der Waals surface area contributed by atoms with Crippen molar-refractivity contribution in [3.05, 3.63) is 34.8 Å². The summed E-state index contributed by atoms with van der Waals surface area (Å²) in [4.78, 5) is 0. The zero-order valence-corrected chi connectivity index (χ0v) is 10.8. The first-order valence-electron chi connectivity index (χ1n) is 5.05. The van der Waals surface area contributed by atoms with Crippen LogP contribution in [0.1, 0.15) is 0 Å². The van der Waals surface area contributed by atoms with Crippen molar-refractivity contribution in [2.24, 2.45) is 0 Å². The van der Waals surface area contributed by atoms with Crippen LogP contribution < -0.4 is 0 Å². The average molecular weight is 300 g/mol. The van der Waals surface area contributed by atoms with Gasteiger partial charge in [0.2, 0.25) is 0 Å². The van der Waals surface area contributed by atoms with Crippen molar-refractivity contribution < 1.29 is 9.13 Å². The van der Waals surface area contributed by atoms with Gasteiger partial charge in [0.1, 0.15) is 12.1 Å². The highest BCUT2D eigenvalue weighted by Gasteiger charge is 2.13. The maximum atomic E-state index is 13.4. The molecule has 0 N–H and O–H groups in total. The van der Waals surface area contributed by atoms with E-state index in [1.807, 2.05) is 4.57 Å². The number of hydrogen-bond acceptors (Lipinski definition) is 3. The lowest BCUT2D eigenvalue weighted by atomic mass is 10.2. The molecule has 0 unspecified atom stereocenters. The Morgan fingerprint density at radius 1 is 1.47 bits per heavy atom. The molecule has 0 aliphatic carbocycles. The molecule has 0 saturated heterocycles. The highest BCUT2D eigenvalue weighted by Crippen LogP contribution is 2.28. The van der Waals surface area contributed by atoms with Crippen molar-refractivity contribution >= 4 is 15.9 Å². The van der Waals surface area contributed by atoms with Crippen LogP contribution in [0.4, 0.5) is 4.39 Å². The van der Waals surface area contributed by atoms with Gasteiger partial charge in [0, 0.05) is 19.2 Å². The molecule has 0 aliphatic heterocycles. The monoisotopic (exact) mass is 299 g/mol. The molecule has 90 valence electrons. The number of methoxy groups -OCH3 is 1. The van der Waals surface area contributed by atoms with E-state index in [4.69, 9.17) is 4.74 Å². The summed E-state index contributed by atoms with van der Waals surface area (Å²) in [5, 5.41) is 7.84. The van der Waals surface area contributed by atoms with Crippen molar-refractivity contribution in [2.45, 2.75) is 6.54 Å². The van der Waals surface area contributed by atoms with Gasteiger partial charge < -0.3 is 9.30 Å². The van der Waals surface area contributed by atoms with Gasteiger partial charge in [0.15, 0.2) is 5.82 Å². The van der Waals surface area contributed by atoms with Gasteiger partial charge in [0.25, 0.3) is 0 Å². The predicted molar refractivity (Wildman–Crippen MR) is 65.0 cm³/mol. The van der Waals surface area contributed by atoms with Crippen LogP contribution in [0.3, 0.4) is 0 Å². The Kier molecular flexibility index (Phi) is 3.86. The molecule has 0 radical (unpaired) electrons. The van der Waals surface area contributed by atoms with E-state index < -0.39 is 0 Å². The second-order valence-corrected chi connectivity index (χ2v) is 4.24. The summed E-state index contributed by atoms with van der Waals surface area (Å²) >= 11 is 3.22.